The van der Waals surface area contributed by atoms with Gasteiger partial charge in [0.25, 0.3) is 11.8 Å². The number of rotatable bonds is 9. The second-order valence-electron chi connectivity index (χ2n) is 7.88. The lowest BCUT2D eigenvalue weighted by Crippen LogP contribution is -2.41. The number of nitrogens with zero attached hydrogens (tertiary/aromatic N) is 1. The molecule has 0 aromatic heterocycles. The van der Waals surface area contributed by atoms with Crippen molar-refractivity contribution in [2.45, 2.75) is 33.6 Å². The topological polar surface area (TPSA) is 122 Å². The van der Waals surface area contributed by atoms with E-state index in [1.165, 1.54) is 4.31 Å². The number of ether oxygens (including phenoxy) is 1. The molecule has 0 unspecified atom stereocenters. The molecule has 1 aliphatic rings. The van der Waals surface area contributed by atoms with Gasteiger partial charge in [-0.05, 0) is 37.8 Å². The highest BCUT2D eigenvalue weighted by Gasteiger charge is 2.31. The molecule has 31 heavy (non-hydrogen) atoms. The summed E-state index contributed by atoms with van der Waals surface area (Å²) in [5.74, 6) is -1.49. The van der Waals surface area contributed by atoms with E-state index in [1.54, 1.807) is 31.2 Å². The molecule has 0 aliphatic carbocycles. The number of carbonyl (C=O) groups is 3. The van der Waals surface area contributed by atoms with Gasteiger partial charge in [-0.25, -0.2) is 12.7 Å². The van der Waals surface area contributed by atoms with Crippen molar-refractivity contribution in [3.05, 3.63) is 29.8 Å². The maximum atomic E-state index is 12.3. The zero-order valence-corrected chi connectivity index (χ0v) is 19.0. The predicted molar refractivity (Wildman–Crippen MR) is 117 cm³/mol. The first kappa shape index (κ1) is 24.8. The summed E-state index contributed by atoms with van der Waals surface area (Å²) in [6.45, 7) is 6.11. The van der Waals surface area contributed by atoms with Crippen LogP contribution in [-0.2, 0) is 24.3 Å². The van der Waals surface area contributed by atoms with Gasteiger partial charge < -0.3 is 15.4 Å². The van der Waals surface area contributed by atoms with E-state index >= 15 is 0 Å². The molecule has 9 nitrogen and oxygen atoms in total. The monoisotopic (exact) mass is 453 g/mol. The summed E-state index contributed by atoms with van der Waals surface area (Å²) < 4.78 is 30.3. The Kier molecular flexibility index (Phi) is 9.00. The second kappa shape index (κ2) is 11.2. The van der Waals surface area contributed by atoms with Crippen molar-refractivity contribution < 1.29 is 27.5 Å². The van der Waals surface area contributed by atoms with Crippen molar-refractivity contribution in [2.24, 2.45) is 11.8 Å². The molecule has 0 saturated carbocycles. The standard InChI is InChI=1S/C21H31N3O6S/c1-4-31(28,29)24-11-9-16(10-12-24)21(27)30-14-19(25)23-18-8-6-5-7-17(18)20(26)22-13-15(2)3/h5-8,15-16H,4,9-14H2,1-3H3,(H,22,26)(H,23,25). The first-order valence-corrected chi connectivity index (χ1v) is 12.1. The minimum Gasteiger partial charge on any atom is -0.455 e. The number of hydrogen-bond acceptors (Lipinski definition) is 6. The van der Waals surface area contributed by atoms with Crippen LogP contribution in [0.25, 0.3) is 0 Å². The molecular weight excluding hydrogens is 422 g/mol. The number of amides is 2. The van der Waals surface area contributed by atoms with Crippen molar-refractivity contribution in [1.29, 1.82) is 0 Å². The van der Waals surface area contributed by atoms with Crippen LogP contribution in [0.4, 0.5) is 5.69 Å². The second-order valence-corrected chi connectivity index (χ2v) is 10.1. The van der Waals surface area contributed by atoms with Crippen molar-refractivity contribution >= 4 is 33.5 Å². The Balaban J connectivity index is 1.85. The third-order valence-corrected chi connectivity index (χ3v) is 6.89. The van der Waals surface area contributed by atoms with Crippen molar-refractivity contribution in [3.8, 4) is 0 Å². The van der Waals surface area contributed by atoms with Crippen LogP contribution in [-0.4, -0.2) is 62.5 Å². The first-order valence-electron chi connectivity index (χ1n) is 10.5. The van der Waals surface area contributed by atoms with Gasteiger partial charge in [-0.1, -0.05) is 26.0 Å². The Morgan fingerprint density at radius 3 is 2.42 bits per heavy atom. The average Bonchev–Trinajstić information content (AvgIpc) is 2.76. The lowest BCUT2D eigenvalue weighted by molar-refractivity contribution is -0.152. The first-order chi connectivity index (χ1) is 14.6. The number of esters is 1. The zero-order valence-electron chi connectivity index (χ0n) is 18.2. The predicted octanol–water partition coefficient (Wildman–Crippen LogP) is 1.62. The van der Waals surface area contributed by atoms with Gasteiger partial charge >= 0.3 is 5.97 Å². The van der Waals surface area contributed by atoms with Gasteiger partial charge in [0.1, 0.15) is 0 Å². The molecule has 2 N–H and O–H groups in total. The third-order valence-electron chi connectivity index (χ3n) is 5.01. The van der Waals surface area contributed by atoms with Crippen molar-refractivity contribution in [1.82, 2.24) is 9.62 Å². The Morgan fingerprint density at radius 2 is 1.81 bits per heavy atom. The Hall–Kier alpha value is -2.46. The van der Waals surface area contributed by atoms with Gasteiger partial charge in [-0.3, -0.25) is 14.4 Å². The van der Waals surface area contributed by atoms with E-state index in [9.17, 15) is 22.8 Å². The lowest BCUT2D eigenvalue weighted by atomic mass is 9.98. The summed E-state index contributed by atoms with van der Waals surface area (Å²) in [6.07, 6.45) is 0.719. The largest absolute Gasteiger partial charge is 0.455 e. The van der Waals surface area contributed by atoms with E-state index in [-0.39, 0.29) is 24.7 Å². The third kappa shape index (κ3) is 7.32. The molecule has 10 heteroatoms. The summed E-state index contributed by atoms with van der Waals surface area (Å²) in [5, 5.41) is 5.41. The SMILES string of the molecule is CCS(=O)(=O)N1CCC(C(=O)OCC(=O)Nc2ccccc2C(=O)NCC(C)C)CC1. The average molecular weight is 454 g/mol. The van der Waals surface area contributed by atoms with Crippen LogP contribution >= 0.6 is 0 Å². The highest BCUT2D eigenvalue weighted by molar-refractivity contribution is 7.89. The maximum Gasteiger partial charge on any atom is 0.309 e. The molecule has 0 spiro atoms. The van der Waals surface area contributed by atoms with E-state index in [4.69, 9.17) is 4.74 Å². The van der Waals surface area contributed by atoms with Crippen LogP contribution < -0.4 is 10.6 Å². The van der Waals surface area contributed by atoms with Gasteiger partial charge in [0.2, 0.25) is 10.0 Å². The minimum absolute atomic E-state index is 0.0270. The molecular formula is C21H31N3O6S. The molecule has 0 atom stereocenters. The van der Waals surface area contributed by atoms with Crippen LogP contribution in [0.5, 0.6) is 0 Å². The molecule has 0 bridgehead atoms. The molecule has 1 aromatic rings. The highest BCUT2D eigenvalue weighted by Crippen LogP contribution is 2.21. The van der Waals surface area contributed by atoms with Crippen LogP contribution in [0.1, 0.15) is 44.0 Å². The Morgan fingerprint density at radius 1 is 1.16 bits per heavy atom. The summed E-state index contributed by atoms with van der Waals surface area (Å²) in [7, 11) is -3.27. The Bertz CT molecular complexity index is 892. The number of piperidine rings is 1. The van der Waals surface area contributed by atoms with E-state index in [0.717, 1.165) is 0 Å². The van der Waals surface area contributed by atoms with Crippen LogP contribution in [0.2, 0.25) is 0 Å². The fourth-order valence-electron chi connectivity index (χ4n) is 3.18. The van der Waals surface area contributed by atoms with E-state index in [0.29, 0.717) is 36.6 Å². The lowest BCUT2D eigenvalue weighted by Gasteiger charge is -2.29. The van der Waals surface area contributed by atoms with Gasteiger partial charge in [0.15, 0.2) is 6.61 Å². The van der Waals surface area contributed by atoms with Crippen LogP contribution in [0.3, 0.4) is 0 Å². The number of hydrogen-bond donors (Lipinski definition) is 2. The van der Waals surface area contributed by atoms with Gasteiger partial charge in [0.05, 0.1) is 22.9 Å². The fourth-order valence-corrected chi connectivity index (χ4v) is 4.31. The van der Waals surface area contributed by atoms with Crippen LogP contribution in [0.15, 0.2) is 24.3 Å². The van der Waals surface area contributed by atoms with E-state index < -0.39 is 34.4 Å². The molecule has 172 valence electrons. The summed E-state index contributed by atoms with van der Waals surface area (Å²) in [6, 6.07) is 6.60. The van der Waals surface area contributed by atoms with Gasteiger partial charge in [-0.2, -0.15) is 0 Å². The normalized spacial score (nSPS) is 15.5. The zero-order chi connectivity index (χ0) is 23.0. The number of nitrogens with one attached hydrogen (secondary N) is 2. The number of sulfonamides is 1. The number of para-hydroxylation sites is 1. The number of benzene rings is 1. The minimum atomic E-state index is -3.27. The van der Waals surface area contributed by atoms with Crippen LogP contribution in [0, 0.1) is 11.8 Å². The number of carbonyl (C=O) groups excluding carboxylic acids is 3. The Labute approximate surface area is 183 Å². The van der Waals surface area contributed by atoms with Gasteiger partial charge in [-0.15, -0.1) is 0 Å². The molecule has 1 fully saturated rings. The van der Waals surface area contributed by atoms with Crippen molar-refractivity contribution in [3.63, 3.8) is 0 Å². The summed E-state index contributed by atoms with van der Waals surface area (Å²) in [5.41, 5.74) is 0.662. The molecule has 1 heterocycles. The molecule has 0 radical (unpaired) electrons. The van der Waals surface area contributed by atoms with Crippen molar-refractivity contribution in [2.75, 3.05) is 37.3 Å². The van der Waals surface area contributed by atoms with E-state index in [1.807, 2.05) is 13.8 Å². The molecule has 1 aromatic carbocycles. The quantitative estimate of drug-likeness (QED) is 0.548. The summed E-state index contributed by atoms with van der Waals surface area (Å²) in [4.78, 5) is 36.9. The smallest absolute Gasteiger partial charge is 0.309 e. The number of anilines is 1. The van der Waals surface area contributed by atoms with E-state index in [2.05, 4.69) is 10.6 Å². The van der Waals surface area contributed by atoms with Gasteiger partial charge in [0, 0.05) is 19.6 Å². The molecule has 2 amide bonds. The fraction of sp³-hybridized carbons (Fsp3) is 0.571. The molecule has 2 rings (SSSR count). The summed E-state index contributed by atoms with van der Waals surface area (Å²) >= 11 is 0. The highest BCUT2D eigenvalue weighted by atomic mass is 32.2. The maximum absolute atomic E-state index is 12.3. The molecule has 1 aliphatic heterocycles. The molecule has 1 saturated heterocycles.